The smallest absolute Gasteiger partial charge is 0.245 e. The van der Waals surface area contributed by atoms with E-state index in [4.69, 9.17) is 16.0 Å². The number of likely N-dealkylation sites (tertiary alicyclic amines) is 1. The molecule has 0 N–H and O–H groups in total. The lowest BCUT2D eigenvalue weighted by Gasteiger charge is -2.24. The number of halogens is 2. The van der Waals surface area contributed by atoms with Crippen LogP contribution in [-0.2, 0) is 4.79 Å². The number of benzene rings is 3. The number of carbonyl (C=O) groups excluding carboxylic acids is 1. The van der Waals surface area contributed by atoms with Crippen LogP contribution in [-0.4, -0.2) is 22.3 Å². The zero-order chi connectivity index (χ0) is 21.4. The van der Waals surface area contributed by atoms with Crippen molar-refractivity contribution in [2.24, 2.45) is 0 Å². The molecule has 0 spiro atoms. The van der Waals surface area contributed by atoms with E-state index in [0.717, 1.165) is 29.5 Å². The molecule has 1 fully saturated rings. The molecule has 1 aromatic heterocycles. The number of amides is 1. The Labute approximate surface area is 184 Å². The Kier molecular flexibility index (Phi) is 5.20. The van der Waals surface area contributed by atoms with Crippen molar-refractivity contribution < 1.29 is 13.6 Å². The van der Waals surface area contributed by atoms with Crippen LogP contribution in [0, 0.1) is 5.82 Å². The number of hydrogen-bond acceptors (Lipinski definition) is 3. The van der Waals surface area contributed by atoms with Gasteiger partial charge in [-0.25, -0.2) is 9.37 Å². The SMILES string of the molecule is O=C([C@H](Cl)c1ccccc1)N1CCC[C@H]1c1nc2cc(-c3cccc(F)c3)ccc2o1. The summed E-state index contributed by atoms with van der Waals surface area (Å²) in [6.07, 6.45) is 1.63. The summed E-state index contributed by atoms with van der Waals surface area (Å²) in [6, 6.07) is 21.1. The Bertz CT molecular complexity index is 1240. The minimum Gasteiger partial charge on any atom is -0.438 e. The summed E-state index contributed by atoms with van der Waals surface area (Å²) >= 11 is 6.50. The standard InChI is InChI=1S/C25H20ClFN2O2/c26-23(16-6-2-1-3-7-16)25(30)29-13-5-10-21(29)24-28-20-15-18(11-12-22(20)31-24)17-8-4-9-19(27)14-17/h1-4,6-9,11-12,14-15,21,23H,5,10,13H2/t21-,23+/m0/s1. The van der Waals surface area contributed by atoms with Gasteiger partial charge >= 0.3 is 0 Å². The number of fused-ring (bicyclic) bond motifs is 1. The molecule has 1 amide bonds. The largest absolute Gasteiger partial charge is 0.438 e. The summed E-state index contributed by atoms with van der Waals surface area (Å²) in [7, 11) is 0. The number of rotatable bonds is 4. The second kappa shape index (κ2) is 8.16. The molecule has 4 aromatic rings. The maximum absolute atomic E-state index is 13.6. The third-order valence-electron chi connectivity index (χ3n) is 5.69. The summed E-state index contributed by atoms with van der Waals surface area (Å²) in [5.74, 6) is 0.0832. The maximum Gasteiger partial charge on any atom is 0.245 e. The van der Waals surface area contributed by atoms with Crippen molar-refractivity contribution in [3.63, 3.8) is 0 Å². The van der Waals surface area contributed by atoms with Gasteiger partial charge in [0.2, 0.25) is 11.8 Å². The molecule has 156 valence electrons. The molecule has 1 saturated heterocycles. The molecule has 3 aromatic carbocycles. The van der Waals surface area contributed by atoms with Gasteiger partial charge < -0.3 is 9.32 Å². The molecule has 0 aliphatic carbocycles. The quantitative estimate of drug-likeness (QED) is 0.355. The molecule has 4 nitrogen and oxygen atoms in total. The van der Waals surface area contributed by atoms with Gasteiger partial charge in [0.05, 0.1) is 0 Å². The summed E-state index contributed by atoms with van der Waals surface area (Å²) in [6.45, 7) is 0.618. The van der Waals surface area contributed by atoms with Gasteiger partial charge in [0.15, 0.2) is 5.58 Å². The molecule has 31 heavy (non-hydrogen) atoms. The van der Waals surface area contributed by atoms with E-state index in [2.05, 4.69) is 4.98 Å². The van der Waals surface area contributed by atoms with E-state index in [0.29, 0.717) is 23.5 Å². The summed E-state index contributed by atoms with van der Waals surface area (Å²) < 4.78 is 19.6. The Morgan fingerprint density at radius 1 is 1.06 bits per heavy atom. The van der Waals surface area contributed by atoms with Crippen LogP contribution < -0.4 is 0 Å². The zero-order valence-corrected chi connectivity index (χ0v) is 17.4. The minimum absolute atomic E-state index is 0.141. The second-order valence-electron chi connectivity index (χ2n) is 7.71. The fourth-order valence-corrected chi connectivity index (χ4v) is 4.40. The molecular weight excluding hydrogens is 415 g/mol. The van der Waals surface area contributed by atoms with E-state index in [1.807, 2.05) is 54.6 Å². The van der Waals surface area contributed by atoms with Crippen molar-refractivity contribution in [2.45, 2.75) is 24.3 Å². The zero-order valence-electron chi connectivity index (χ0n) is 16.7. The first-order valence-corrected chi connectivity index (χ1v) is 10.7. The van der Waals surface area contributed by atoms with Crippen LogP contribution in [0.15, 0.2) is 77.2 Å². The third kappa shape index (κ3) is 3.81. The lowest BCUT2D eigenvalue weighted by atomic mass is 10.1. The van der Waals surface area contributed by atoms with Crippen LogP contribution in [0.4, 0.5) is 4.39 Å². The van der Waals surface area contributed by atoms with Crippen molar-refractivity contribution in [3.8, 4) is 11.1 Å². The first-order valence-electron chi connectivity index (χ1n) is 10.3. The Morgan fingerprint density at radius 3 is 2.68 bits per heavy atom. The number of hydrogen-bond donors (Lipinski definition) is 0. The number of aromatic nitrogens is 1. The van der Waals surface area contributed by atoms with Gasteiger partial charge in [0.25, 0.3) is 0 Å². The maximum atomic E-state index is 13.6. The average molecular weight is 435 g/mol. The minimum atomic E-state index is -0.745. The number of oxazole rings is 1. The van der Waals surface area contributed by atoms with E-state index in [-0.39, 0.29) is 17.8 Å². The average Bonchev–Trinajstić information content (AvgIpc) is 3.45. The molecule has 2 atom stereocenters. The van der Waals surface area contributed by atoms with Crippen molar-refractivity contribution in [2.75, 3.05) is 6.54 Å². The highest BCUT2D eigenvalue weighted by Gasteiger charge is 2.36. The first kappa shape index (κ1) is 19.8. The van der Waals surface area contributed by atoms with Crippen molar-refractivity contribution >= 4 is 28.6 Å². The highest BCUT2D eigenvalue weighted by molar-refractivity contribution is 6.30. The lowest BCUT2D eigenvalue weighted by molar-refractivity contribution is -0.132. The Hall–Kier alpha value is -3.18. The normalized spacial score (nSPS) is 17.2. The van der Waals surface area contributed by atoms with Gasteiger partial charge in [-0.05, 0) is 53.8 Å². The molecule has 5 rings (SSSR count). The lowest BCUT2D eigenvalue weighted by Crippen LogP contribution is -2.33. The van der Waals surface area contributed by atoms with Gasteiger partial charge in [-0.1, -0.05) is 48.5 Å². The number of nitrogens with zero attached hydrogens (tertiary/aromatic N) is 2. The van der Waals surface area contributed by atoms with E-state index in [1.165, 1.54) is 12.1 Å². The van der Waals surface area contributed by atoms with Crippen LogP contribution in [0.3, 0.4) is 0 Å². The predicted molar refractivity (Wildman–Crippen MR) is 118 cm³/mol. The molecule has 0 unspecified atom stereocenters. The van der Waals surface area contributed by atoms with Crippen LogP contribution in [0.2, 0.25) is 0 Å². The van der Waals surface area contributed by atoms with E-state index in [9.17, 15) is 9.18 Å². The summed E-state index contributed by atoms with van der Waals surface area (Å²) in [5.41, 5.74) is 3.73. The topological polar surface area (TPSA) is 46.3 Å². The highest BCUT2D eigenvalue weighted by Crippen LogP contribution is 2.37. The van der Waals surface area contributed by atoms with Crippen LogP contribution in [0.5, 0.6) is 0 Å². The Morgan fingerprint density at radius 2 is 1.87 bits per heavy atom. The van der Waals surface area contributed by atoms with Gasteiger partial charge in [0, 0.05) is 6.54 Å². The van der Waals surface area contributed by atoms with Crippen LogP contribution in [0.25, 0.3) is 22.2 Å². The third-order valence-corrected chi connectivity index (χ3v) is 6.13. The van der Waals surface area contributed by atoms with Gasteiger partial charge in [0.1, 0.15) is 22.8 Å². The molecular formula is C25H20ClFN2O2. The molecule has 0 radical (unpaired) electrons. The molecule has 6 heteroatoms. The summed E-state index contributed by atoms with van der Waals surface area (Å²) in [5, 5.41) is -0.745. The van der Waals surface area contributed by atoms with Gasteiger partial charge in [-0.15, -0.1) is 11.6 Å². The predicted octanol–water partition coefficient (Wildman–Crippen LogP) is 6.28. The Balaban J connectivity index is 1.43. The molecule has 0 saturated carbocycles. The number of carbonyl (C=O) groups is 1. The van der Waals surface area contributed by atoms with Crippen LogP contribution in [0.1, 0.15) is 35.7 Å². The van der Waals surface area contributed by atoms with Gasteiger partial charge in [-0.3, -0.25) is 4.79 Å². The van der Waals surface area contributed by atoms with Crippen LogP contribution >= 0.6 is 11.6 Å². The van der Waals surface area contributed by atoms with E-state index in [1.54, 1.807) is 11.0 Å². The summed E-state index contributed by atoms with van der Waals surface area (Å²) in [4.78, 5) is 19.5. The second-order valence-corrected chi connectivity index (χ2v) is 8.14. The number of alkyl halides is 1. The van der Waals surface area contributed by atoms with Crippen molar-refractivity contribution in [1.82, 2.24) is 9.88 Å². The van der Waals surface area contributed by atoms with E-state index < -0.39 is 5.38 Å². The van der Waals surface area contributed by atoms with Gasteiger partial charge in [-0.2, -0.15) is 0 Å². The molecule has 2 heterocycles. The molecule has 1 aliphatic heterocycles. The fraction of sp³-hybridized carbons (Fsp3) is 0.200. The van der Waals surface area contributed by atoms with E-state index >= 15 is 0 Å². The first-order chi connectivity index (χ1) is 15.1. The molecule has 1 aliphatic rings. The monoisotopic (exact) mass is 434 g/mol. The van der Waals surface area contributed by atoms with Crippen molar-refractivity contribution in [3.05, 3.63) is 90.1 Å². The molecule has 0 bridgehead atoms. The van der Waals surface area contributed by atoms with Crippen molar-refractivity contribution in [1.29, 1.82) is 0 Å². The fourth-order valence-electron chi connectivity index (χ4n) is 4.13. The highest BCUT2D eigenvalue weighted by atomic mass is 35.5.